The molecule has 7 heteroatoms. The third-order valence-electron chi connectivity index (χ3n) is 2.88. The van der Waals surface area contributed by atoms with Gasteiger partial charge in [-0.2, -0.15) is 0 Å². The molecule has 0 spiro atoms. The Morgan fingerprint density at radius 3 is 2.57 bits per heavy atom. The number of nitrogens with one attached hydrogen (secondary N) is 1. The van der Waals surface area contributed by atoms with Crippen LogP contribution in [-0.4, -0.2) is 13.4 Å². The lowest BCUT2D eigenvalue weighted by atomic mass is 10.3. The van der Waals surface area contributed by atoms with Gasteiger partial charge in [-0.25, -0.2) is 22.5 Å². The molecule has 108 valence electrons. The Morgan fingerprint density at radius 2 is 1.81 bits per heavy atom. The lowest BCUT2D eigenvalue weighted by Gasteiger charge is -2.05. The predicted octanol–water partition coefficient (Wildman–Crippen LogP) is 2.91. The van der Waals surface area contributed by atoms with Crippen LogP contribution in [0.15, 0.2) is 53.4 Å². The van der Waals surface area contributed by atoms with Crippen LogP contribution >= 0.6 is 11.3 Å². The summed E-state index contributed by atoms with van der Waals surface area (Å²) in [6, 6.07) is 12.8. The number of halogens is 1. The maximum absolute atomic E-state index is 13.5. The zero-order valence-electron chi connectivity index (χ0n) is 10.8. The zero-order chi connectivity index (χ0) is 14.9. The number of aromatic nitrogens is 1. The first kappa shape index (κ1) is 14.1. The number of sulfonamides is 1. The number of hydrogen-bond acceptors (Lipinski definition) is 4. The third-order valence-corrected chi connectivity index (χ3v) is 5.35. The molecule has 4 nitrogen and oxygen atoms in total. The van der Waals surface area contributed by atoms with Gasteiger partial charge in [-0.1, -0.05) is 24.3 Å². The normalized spacial score (nSPS) is 11.9. The Labute approximate surface area is 125 Å². The lowest BCUT2D eigenvalue weighted by molar-refractivity contribution is 0.556. The molecular formula is C14H11FN2O2S2. The van der Waals surface area contributed by atoms with E-state index >= 15 is 0 Å². The Bertz CT molecular complexity index is 858. The van der Waals surface area contributed by atoms with Crippen molar-refractivity contribution in [2.45, 2.75) is 11.4 Å². The summed E-state index contributed by atoms with van der Waals surface area (Å²) in [5.74, 6) is -0.769. The molecule has 1 aromatic heterocycles. The van der Waals surface area contributed by atoms with E-state index in [-0.39, 0.29) is 11.4 Å². The molecule has 0 aliphatic rings. The summed E-state index contributed by atoms with van der Waals surface area (Å²) in [4.78, 5) is 3.97. The molecule has 0 aliphatic heterocycles. The second-order valence-electron chi connectivity index (χ2n) is 4.33. The fourth-order valence-electron chi connectivity index (χ4n) is 1.89. The highest BCUT2D eigenvalue weighted by Gasteiger charge is 2.18. The van der Waals surface area contributed by atoms with E-state index in [0.29, 0.717) is 5.01 Å². The highest BCUT2D eigenvalue weighted by Crippen LogP contribution is 2.22. The fourth-order valence-corrected chi connectivity index (χ4v) is 3.96. The number of para-hydroxylation sites is 1. The van der Waals surface area contributed by atoms with Crippen molar-refractivity contribution in [2.75, 3.05) is 0 Å². The van der Waals surface area contributed by atoms with Gasteiger partial charge in [0, 0.05) is 0 Å². The van der Waals surface area contributed by atoms with Crippen LogP contribution < -0.4 is 4.72 Å². The van der Waals surface area contributed by atoms with Gasteiger partial charge in [0.15, 0.2) is 0 Å². The standard InChI is InChI=1S/C14H11FN2O2S2/c15-10-5-1-4-8-13(10)21(18,19)16-9-14-17-11-6-2-3-7-12(11)20-14/h1-8,16H,9H2. The minimum atomic E-state index is -3.88. The van der Waals surface area contributed by atoms with Gasteiger partial charge in [0.2, 0.25) is 10.0 Å². The summed E-state index contributed by atoms with van der Waals surface area (Å²) >= 11 is 1.41. The molecule has 0 radical (unpaired) electrons. The quantitative estimate of drug-likeness (QED) is 0.803. The number of benzene rings is 2. The molecule has 3 rings (SSSR count). The SMILES string of the molecule is O=S(=O)(NCc1nc2ccccc2s1)c1ccccc1F. The van der Waals surface area contributed by atoms with E-state index in [0.717, 1.165) is 16.3 Å². The Kier molecular flexibility index (Phi) is 3.71. The van der Waals surface area contributed by atoms with Crippen LogP contribution in [0.3, 0.4) is 0 Å². The van der Waals surface area contributed by atoms with E-state index in [9.17, 15) is 12.8 Å². The topological polar surface area (TPSA) is 59.1 Å². The van der Waals surface area contributed by atoms with Crippen molar-refractivity contribution in [3.05, 3.63) is 59.4 Å². The molecule has 0 fully saturated rings. The van der Waals surface area contributed by atoms with Crippen molar-refractivity contribution in [3.8, 4) is 0 Å². The van der Waals surface area contributed by atoms with E-state index in [4.69, 9.17) is 0 Å². The first-order chi connectivity index (χ1) is 10.1. The van der Waals surface area contributed by atoms with Gasteiger partial charge in [0.1, 0.15) is 15.7 Å². The summed E-state index contributed by atoms with van der Waals surface area (Å²) < 4.78 is 41.0. The highest BCUT2D eigenvalue weighted by atomic mass is 32.2. The molecule has 0 saturated heterocycles. The molecule has 1 heterocycles. The van der Waals surface area contributed by atoms with Gasteiger partial charge >= 0.3 is 0 Å². The van der Waals surface area contributed by atoms with Gasteiger partial charge < -0.3 is 0 Å². The van der Waals surface area contributed by atoms with Gasteiger partial charge in [0.05, 0.1) is 16.8 Å². The van der Waals surface area contributed by atoms with Crippen LogP contribution in [0.25, 0.3) is 10.2 Å². The molecule has 1 N–H and O–H groups in total. The number of fused-ring (bicyclic) bond motifs is 1. The Balaban J connectivity index is 1.82. The Morgan fingerprint density at radius 1 is 1.10 bits per heavy atom. The second-order valence-corrected chi connectivity index (χ2v) is 7.18. The number of thiazole rings is 1. The van der Waals surface area contributed by atoms with Gasteiger partial charge in [-0.3, -0.25) is 0 Å². The van der Waals surface area contributed by atoms with E-state index in [1.54, 1.807) is 0 Å². The lowest BCUT2D eigenvalue weighted by Crippen LogP contribution is -2.24. The molecule has 0 bridgehead atoms. The molecule has 21 heavy (non-hydrogen) atoms. The summed E-state index contributed by atoms with van der Waals surface area (Å²) in [5, 5.41) is 0.635. The van der Waals surface area contributed by atoms with Crippen molar-refractivity contribution < 1.29 is 12.8 Å². The Hall–Kier alpha value is -1.83. The van der Waals surface area contributed by atoms with Crippen LogP contribution in [0.2, 0.25) is 0 Å². The smallest absolute Gasteiger partial charge is 0.240 e. The van der Waals surface area contributed by atoms with Crippen molar-refractivity contribution in [1.29, 1.82) is 0 Å². The van der Waals surface area contributed by atoms with Crippen LogP contribution in [0.4, 0.5) is 4.39 Å². The minimum Gasteiger partial charge on any atom is -0.240 e. The molecule has 3 aromatic rings. The van der Waals surface area contributed by atoms with Gasteiger partial charge in [-0.15, -0.1) is 11.3 Å². The number of rotatable bonds is 4. The van der Waals surface area contributed by atoms with Crippen LogP contribution in [0.1, 0.15) is 5.01 Å². The average molecular weight is 322 g/mol. The summed E-state index contributed by atoms with van der Waals surface area (Å²) in [7, 11) is -3.88. The van der Waals surface area contributed by atoms with Gasteiger partial charge in [-0.05, 0) is 24.3 Å². The summed E-state index contributed by atoms with van der Waals surface area (Å²) in [6.45, 7) is 0.0377. The molecule has 0 atom stereocenters. The average Bonchev–Trinajstić information content (AvgIpc) is 2.88. The predicted molar refractivity (Wildman–Crippen MR) is 80.0 cm³/mol. The van der Waals surface area contributed by atoms with Crippen molar-refractivity contribution in [2.24, 2.45) is 0 Å². The largest absolute Gasteiger partial charge is 0.243 e. The van der Waals surface area contributed by atoms with Gasteiger partial charge in [0.25, 0.3) is 0 Å². The molecule has 0 amide bonds. The first-order valence-electron chi connectivity index (χ1n) is 6.15. The van der Waals surface area contributed by atoms with Crippen molar-refractivity contribution >= 4 is 31.6 Å². The number of nitrogens with zero attached hydrogens (tertiary/aromatic N) is 1. The van der Waals surface area contributed by atoms with Crippen molar-refractivity contribution in [1.82, 2.24) is 9.71 Å². The zero-order valence-corrected chi connectivity index (χ0v) is 12.4. The third kappa shape index (κ3) is 2.94. The van der Waals surface area contributed by atoms with Crippen LogP contribution in [-0.2, 0) is 16.6 Å². The molecule has 0 saturated carbocycles. The monoisotopic (exact) mass is 322 g/mol. The molecule has 0 unspecified atom stereocenters. The molecule has 0 aliphatic carbocycles. The summed E-state index contributed by atoms with van der Waals surface area (Å²) in [6.07, 6.45) is 0. The van der Waals surface area contributed by atoms with Crippen LogP contribution in [0, 0.1) is 5.82 Å². The molecular weight excluding hydrogens is 311 g/mol. The maximum atomic E-state index is 13.5. The van der Waals surface area contributed by atoms with E-state index < -0.39 is 15.8 Å². The van der Waals surface area contributed by atoms with E-state index in [1.807, 2.05) is 24.3 Å². The second kappa shape index (κ2) is 5.51. The van der Waals surface area contributed by atoms with Crippen molar-refractivity contribution in [3.63, 3.8) is 0 Å². The van der Waals surface area contributed by atoms with Crippen LogP contribution in [0.5, 0.6) is 0 Å². The van der Waals surface area contributed by atoms with E-state index in [2.05, 4.69) is 9.71 Å². The summed E-state index contributed by atoms with van der Waals surface area (Å²) in [5.41, 5.74) is 0.822. The number of hydrogen-bond donors (Lipinski definition) is 1. The first-order valence-corrected chi connectivity index (χ1v) is 8.45. The van der Waals surface area contributed by atoms with E-state index in [1.165, 1.54) is 29.5 Å². The highest BCUT2D eigenvalue weighted by molar-refractivity contribution is 7.89. The maximum Gasteiger partial charge on any atom is 0.243 e. The molecule has 2 aromatic carbocycles. The fraction of sp³-hybridized carbons (Fsp3) is 0.0714. The minimum absolute atomic E-state index is 0.0377.